The number of halogens is 2. The van der Waals surface area contributed by atoms with Gasteiger partial charge in [-0.15, -0.1) is 10.2 Å². The number of nitrogens with zero attached hydrogens (tertiary/aromatic N) is 4. The zero-order chi connectivity index (χ0) is 19.6. The monoisotopic (exact) mass is 472 g/mol. The second-order valence-corrected chi connectivity index (χ2v) is 9.44. The SMILES string of the molecule is CCN(CC)S(=O)(=O)c1ccc2nnc(SCc3ccc(F)c(Br)c3)n2c1. The van der Waals surface area contributed by atoms with Crippen LogP contribution < -0.4 is 0 Å². The third kappa shape index (κ3) is 4.18. The van der Waals surface area contributed by atoms with E-state index in [2.05, 4.69) is 26.1 Å². The van der Waals surface area contributed by atoms with Crippen LogP contribution >= 0.6 is 27.7 Å². The molecule has 0 N–H and O–H groups in total. The molecule has 0 amide bonds. The first kappa shape index (κ1) is 20.2. The molecule has 3 rings (SSSR count). The molecule has 2 aromatic heterocycles. The van der Waals surface area contributed by atoms with Crippen LogP contribution in [0.3, 0.4) is 0 Å². The number of pyridine rings is 1. The van der Waals surface area contributed by atoms with Crippen molar-refractivity contribution in [3.8, 4) is 0 Å². The van der Waals surface area contributed by atoms with Crippen LogP contribution in [0.15, 0.2) is 51.1 Å². The van der Waals surface area contributed by atoms with E-state index in [-0.39, 0.29) is 10.7 Å². The number of sulfonamides is 1. The standard InChI is InChI=1S/C17H18BrFN4O2S2/c1-3-22(4-2)27(24,25)13-6-8-16-20-21-17(23(16)10-13)26-11-12-5-7-15(19)14(18)9-12/h5-10H,3-4,11H2,1-2H3. The molecular formula is C17H18BrFN4O2S2. The largest absolute Gasteiger partial charge is 0.276 e. The van der Waals surface area contributed by atoms with E-state index in [1.165, 1.54) is 22.1 Å². The summed E-state index contributed by atoms with van der Waals surface area (Å²) in [7, 11) is -3.56. The Morgan fingerprint density at radius 2 is 1.93 bits per heavy atom. The smallest absolute Gasteiger partial charge is 0.244 e. The van der Waals surface area contributed by atoms with Crippen LogP contribution in [0.4, 0.5) is 4.39 Å². The molecule has 2 heterocycles. The molecule has 27 heavy (non-hydrogen) atoms. The van der Waals surface area contributed by atoms with Gasteiger partial charge in [-0.25, -0.2) is 12.8 Å². The maximum Gasteiger partial charge on any atom is 0.244 e. The molecular weight excluding hydrogens is 455 g/mol. The minimum Gasteiger partial charge on any atom is -0.276 e. The molecule has 0 saturated carbocycles. The van der Waals surface area contributed by atoms with Crippen LogP contribution in [-0.2, 0) is 15.8 Å². The molecule has 1 aromatic carbocycles. The first-order valence-electron chi connectivity index (χ1n) is 8.28. The van der Waals surface area contributed by atoms with Crippen LogP contribution in [0.2, 0.25) is 0 Å². The number of rotatable bonds is 7. The van der Waals surface area contributed by atoms with E-state index >= 15 is 0 Å². The van der Waals surface area contributed by atoms with Gasteiger partial charge in [-0.05, 0) is 45.8 Å². The maximum absolute atomic E-state index is 13.4. The van der Waals surface area contributed by atoms with Crippen LogP contribution in [0.25, 0.3) is 5.65 Å². The van der Waals surface area contributed by atoms with Crippen molar-refractivity contribution >= 4 is 43.4 Å². The Balaban J connectivity index is 1.90. The Labute approximate surface area is 170 Å². The van der Waals surface area contributed by atoms with Crippen LogP contribution in [0.1, 0.15) is 19.4 Å². The summed E-state index contributed by atoms with van der Waals surface area (Å²) in [6.45, 7) is 4.42. The third-order valence-corrected chi connectivity index (χ3v) is 7.69. The van der Waals surface area contributed by atoms with Gasteiger partial charge in [-0.3, -0.25) is 4.40 Å². The first-order valence-corrected chi connectivity index (χ1v) is 11.5. The van der Waals surface area contributed by atoms with Gasteiger partial charge in [-0.2, -0.15) is 4.31 Å². The van der Waals surface area contributed by atoms with Crippen molar-refractivity contribution < 1.29 is 12.8 Å². The highest BCUT2D eigenvalue weighted by Gasteiger charge is 2.22. The predicted molar refractivity (Wildman–Crippen MR) is 107 cm³/mol. The molecule has 0 saturated heterocycles. The minimum absolute atomic E-state index is 0.199. The highest BCUT2D eigenvalue weighted by atomic mass is 79.9. The van der Waals surface area contributed by atoms with Gasteiger partial charge < -0.3 is 0 Å². The van der Waals surface area contributed by atoms with E-state index in [1.54, 1.807) is 48.7 Å². The number of fused-ring (bicyclic) bond motifs is 1. The lowest BCUT2D eigenvalue weighted by Gasteiger charge is -2.18. The summed E-state index contributed by atoms with van der Waals surface area (Å²) in [6.07, 6.45) is 1.55. The lowest BCUT2D eigenvalue weighted by atomic mass is 10.2. The van der Waals surface area contributed by atoms with E-state index in [0.29, 0.717) is 34.1 Å². The molecule has 0 bridgehead atoms. The molecule has 6 nitrogen and oxygen atoms in total. The Bertz CT molecular complexity index is 1070. The topological polar surface area (TPSA) is 67.6 Å². The molecule has 0 atom stereocenters. The summed E-state index contributed by atoms with van der Waals surface area (Å²) >= 11 is 4.58. The van der Waals surface area contributed by atoms with Crippen molar-refractivity contribution in [3.63, 3.8) is 0 Å². The van der Waals surface area contributed by atoms with Gasteiger partial charge in [0.25, 0.3) is 0 Å². The van der Waals surface area contributed by atoms with Crippen molar-refractivity contribution in [2.45, 2.75) is 29.7 Å². The van der Waals surface area contributed by atoms with E-state index in [4.69, 9.17) is 0 Å². The fraction of sp³-hybridized carbons (Fsp3) is 0.294. The lowest BCUT2D eigenvalue weighted by molar-refractivity contribution is 0.445. The second-order valence-electron chi connectivity index (χ2n) is 5.70. The second kappa shape index (κ2) is 8.26. The quantitative estimate of drug-likeness (QED) is 0.486. The average molecular weight is 473 g/mol. The van der Waals surface area contributed by atoms with Gasteiger partial charge in [0.15, 0.2) is 10.8 Å². The maximum atomic E-state index is 13.4. The molecule has 0 spiro atoms. The molecule has 0 aliphatic heterocycles. The van der Waals surface area contributed by atoms with Crippen LogP contribution in [-0.4, -0.2) is 40.4 Å². The number of aromatic nitrogens is 3. The first-order chi connectivity index (χ1) is 12.9. The Morgan fingerprint density at radius 1 is 1.19 bits per heavy atom. The highest BCUT2D eigenvalue weighted by Crippen LogP contribution is 2.26. The van der Waals surface area contributed by atoms with Gasteiger partial charge in [0.1, 0.15) is 5.82 Å². The molecule has 3 aromatic rings. The molecule has 0 fully saturated rings. The van der Waals surface area contributed by atoms with Gasteiger partial charge >= 0.3 is 0 Å². The summed E-state index contributed by atoms with van der Waals surface area (Å²) in [5.41, 5.74) is 1.48. The summed E-state index contributed by atoms with van der Waals surface area (Å²) in [6, 6.07) is 8.00. The number of thioether (sulfide) groups is 1. The van der Waals surface area contributed by atoms with E-state index < -0.39 is 10.0 Å². The van der Waals surface area contributed by atoms with Gasteiger partial charge in [0, 0.05) is 25.0 Å². The number of hydrogen-bond acceptors (Lipinski definition) is 5. The minimum atomic E-state index is -3.56. The fourth-order valence-electron chi connectivity index (χ4n) is 2.59. The summed E-state index contributed by atoms with van der Waals surface area (Å²) < 4.78 is 42.3. The van der Waals surface area contributed by atoms with E-state index in [1.807, 2.05) is 0 Å². The Morgan fingerprint density at radius 3 is 2.59 bits per heavy atom. The molecule has 0 aliphatic rings. The van der Waals surface area contributed by atoms with Crippen LogP contribution in [0.5, 0.6) is 0 Å². The Kier molecular flexibility index (Phi) is 6.19. The molecule has 0 radical (unpaired) electrons. The molecule has 10 heteroatoms. The normalized spacial score (nSPS) is 12.2. The van der Waals surface area contributed by atoms with E-state index in [0.717, 1.165) is 5.56 Å². The van der Waals surface area contributed by atoms with Crippen molar-refractivity contribution in [1.29, 1.82) is 0 Å². The van der Waals surface area contributed by atoms with Gasteiger partial charge in [-0.1, -0.05) is 31.7 Å². The highest BCUT2D eigenvalue weighted by molar-refractivity contribution is 9.10. The van der Waals surface area contributed by atoms with Crippen molar-refractivity contribution in [2.24, 2.45) is 0 Å². The number of benzene rings is 1. The molecule has 0 unspecified atom stereocenters. The summed E-state index contributed by atoms with van der Waals surface area (Å²) in [4.78, 5) is 0.199. The number of hydrogen-bond donors (Lipinski definition) is 0. The zero-order valence-corrected chi connectivity index (χ0v) is 18.0. The van der Waals surface area contributed by atoms with Crippen molar-refractivity contribution in [3.05, 3.63) is 52.4 Å². The molecule has 0 aliphatic carbocycles. The van der Waals surface area contributed by atoms with Gasteiger partial charge in [0.05, 0.1) is 9.37 Å². The van der Waals surface area contributed by atoms with E-state index in [9.17, 15) is 12.8 Å². The fourth-order valence-corrected chi connectivity index (χ4v) is 5.33. The average Bonchev–Trinajstić information content (AvgIpc) is 3.06. The zero-order valence-electron chi connectivity index (χ0n) is 14.8. The third-order valence-electron chi connectivity index (χ3n) is 4.04. The predicted octanol–water partition coefficient (Wildman–Crippen LogP) is 3.95. The van der Waals surface area contributed by atoms with Crippen molar-refractivity contribution in [1.82, 2.24) is 18.9 Å². The van der Waals surface area contributed by atoms with Crippen LogP contribution in [0, 0.1) is 5.82 Å². The molecule has 144 valence electrons. The Hall–Kier alpha value is -1.49. The van der Waals surface area contributed by atoms with Gasteiger partial charge in [0.2, 0.25) is 10.0 Å². The lowest BCUT2D eigenvalue weighted by Crippen LogP contribution is -2.30. The summed E-state index contributed by atoms with van der Waals surface area (Å²) in [5.74, 6) is 0.232. The van der Waals surface area contributed by atoms with Crippen molar-refractivity contribution in [2.75, 3.05) is 13.1 Å². The summed E-state index contributed by atoms with van der Waals surface area (Å²) in [5, 5.41) is 8.80.